The Bertz CT molecular complexity index is 555. The average molecular weight is 294 g/mol. The molecule has 8 heteroatoms. The van der Waals surface area contributed by atoms with Gasteiger partial charge in [-0.3, -0.25) is 14.7 Å². The number of hydrogen-bond donors (Lipinski definition) is 3. The molecule has 1 aromatic rings. The van der Waals surface area contributed by atoms with Gasteiger partial charge in [-0.1, -0.05) is 20.8 Å². The number of urea groups is 1. The Morgan fingerprint density at radius 3 is 2.43 bits per heavy atom. The second kappa shape index (κ2) is 5.34. The third kappa shape index (κ3) is 3.50. The van der Waals surface area contributed by atoms with Crippen LogP contribution in [0.5, 0.6) is 0 Å². The summed E-state index contributed by atoms with van der Waals surface area (Å²) in [5.41, 5.74) is 4.68. The van der Waals surface area contributed by atoms with Crippen molar-refractivity contribution in [3.63, 3.8) is 0 Å². The van der Waals surface area contributed by atoms with Gasteiger partial charge in [-0.05, 0) is 25.2 Å². The molecule has 4 N–H and O–H groups in total. The molecular formula is C13H22N6O2. The van der Waals surface area contributed by atoms with Gasteiger partial charge in [0.15, 0.2) is 0 Å². The van der Waals surface area contributed by atoms with Gasteiger partial charge in [0, 0.05) is 6.04 Å². The summed E-state index contributed by atoms with van der Waals surface area (Å²) in [4.78, 5) is 23.5. The molecule has 1 saturated carbocycles. The van der Waals surface area contributed by atoms with E-state index < -0.39 is 17.5 Å². The predicted octanol–water partition coefficient (Wildman–Crippen LogP) is 0.943. The van der Waals surface area contributed by atoms with Gasteiger partial charge in [-0.15, -0.1) is 10.2 Å². The highest BCUT2D eigenvalue weighted by atomic mass is 16.2. The molecule has 0 aliphatic heterocycles. The highest BCUT2D eigenvalue weighted by Crippen LogP contribution is 2.37. The molecule has 0 radical (unpaired) electrons. The topological polar surface area (TPSA) is 115 Å². The molecule has 0 bridgehead atoms. The second-order valence-electron chi connectivity index (χ2n) is 6.47. The summed E-state index contributed by atoms with van der Waals surface area (Å²) in [6, 6.07) is -1.13. The maximum atomic E-state index is 12.4. The number of carbonyl (C=O) groups excluding carboxylic acids is 2. The van der Waals surface area contributed by atoms with E-state index in [4.69, 9.17) is 5.73 Å². The summed E-state index contributed by atoms with van der Waals surface area (Å²) in [6.45, 7) is 7.40. The molecule has 0 spiro atoms. The first-order chi connectivity index (χ1) is 9.70. The third-order valence-corrected chi connectivity index (χ3v) is 3.43. The highest BCUT2D eigenvalue weighted by Gasteiger charge is 2.34. The lowest BCUT2D eigenvalue weighted by atomic mass is 9.86. The van der Waals surface area contributed by atoms with Gasteiger partial charge in [0.2, 0.25) is 11.9 Å². The van der Waals surface area contributed by atoms with Crippen molar-refractivity contribution < 1.29 is 9.59 Å². The van der Waals surface area contributed by atoms with Crippen molar-refractivity contribution >= 4 is 17.9 Å². The molecule has 1 aromatic heterocycles. The van der Waals surface area contributed by atoms with Crippen LogP contribution in [0.1, 0.15) is 45.5 Å². The number of hydrogen-bond acceptors (Lipinski definition) is 4. The Kier molecular flexibility index (Phi) is 3.89. The summed E-state index contributed by atoms with van der Waals surface area (Å²) in [5.74, 6) is 0.832. The summed E-state index contributed by atoms with van der Waals surface area (Å²) >= 11 is 0. The van der Waals surface area contributed by atoms with Crippen LogP contribution in [0, 0.1) is 12.3 Å². The van der Waals surface area contributed by atoms with E-state index >= 15 is 0 Å². The SMILES string of the molecule is Cc1nnc(NC(=O)C(NC(N)=O)C(C)(C)C)n1C1CC1. The van der Waals surface area contributed by atoms with Crippen molar-refractivity contribution in [2.24, 2.45) is 11.1 Å². The van der Waals surface area contributed by atoms with Crippen molar-refractivity contribution in [2.45, 2.75) is 52.6 Å². The number of nitrogens with one attached hydrogen (secondary N) is 2. The molecule has 1 aliphatic rings. The number of nitrogens with two attached hydrogens (primary N) is 1. The summed E-state index contributed by atoms with van der Waals surface area (Å²) in [6.07, 6.45) is 2.12. The first-order valence-corrected chi connectivity index (χ1v) is 6.98. The van der Waals surface area contributed by atoms with Crippen molar-refractivity contribution in [3.8, 4) is 0 Å². The number of primary amides is 1. The minimum atomic E-state index is -0.750. The zero-order valence-electron chi connectivity index (χ0n) is 12.8. The number of rotatable bonds is 4. The average Bonchev–Trinajstić information content (AvgIpc) is 3.10. The molecular weight excluding hydrogens is 272 g/mol. The molecule has 3 amide bonds. The molecule has 116 valence electrons. The van der Waals surface area contributed by atoms with Gasteiger partial charge < -0.3 is 11.1 Å². The minimum absolute atomic E-state index is 0.351. The number of amides is 3. The van der Waals surface area contributed by atoms with E-state index in [0.29, 0.717) is 12.0 Å². The molecule has 1 unspecified atom stereocenters. The predicted molar refractivity (Wildman–Crippen MR) is 77.6 cm³/mol. The Morgan fingerprint density at radius 2 is 1.95 bits per heavy atom. The van der Waals surface area contributed by atoms with Crippen LogP contribution < -0.4 is 16.4 Å². The second-order valence-corrected chi connectivity index (χ2v) is 6.47. The number of nitrogens with zero attached hydrogens (tertiary/aromatic N) is 3. The van der Waals surface area contributed by atoms with E-state index in [1.807, 2.05) is 32.3 Å². The number of aryl methyl sites for hydroxylation is 1. The fraction of sp³-hybridized carbons (Fsp3) is 0.692. The molecule has 1 aliphatic carbocycles. The molecule has 1 heterocycles. The minimum Gasteiger partial charge on any atom is -0.352 e. The van der Waals surface area contributed by atoms with E-state index in [1.54, 1.807) is 0 Å². The van der Waals surface area contributed by atoms with Crippen LogP contribution in [0.25, 0.3) is 0 Å². The third-order valence-electron chi connectivity index (χ3n) is 3.43. The van der Waals surface area contributed by atoms with Crippen molar-refractivity contribution in [3.05, 3.63) is 5.82 Å². The zero-order valence-corrected chi connectivity index (χ0v) is 12.8. The molecule has 2 rings (SSSR count). The number of aromatic nitrogens is 3. The Labute approximate surface area is 123 Å². The normalized spacial score (nSPS) is 16.4. The highest BCUT2D eigenvalue weighted by molar-refractivity contribution is 5.96. The Hall–Kier alpha value is -2.12. The molecule has 1 atom stereocenters. The number of carbonyl (C=O) groups is 2. The molecule has 21 heavy (non-hydrogen) atoms. The van der Waals surface area contributed by atoms with Crippen LogP contribution in [0.2, 0.25) is 0 Å². The van der Waals surface area contributed by atoms with Crippen molar-refractivity contribution in [1.29, 1.82) is 0 Å². The molecule has 0 saturated heterocycles. The standard InChI is InChI=1S/C13H22N6O2/c1-7-17-18-12(19(7)8-5-6-8)16-10(20)9(13(2,3)4)15-11(14)21/h8-9H,5-6H2,1-4H3,(H3,14,15,21)(H,16,18,20). The fourth-order valence-electron chi connectivity index (χ4n) is 2.22. The zero-order chi connectivity index (χ0) is 15.8. The van der Waals surface area contributed by atoms with Crippen LogP contribution in [0.4, 0.5) is 10.7 Å². The first-order valence-electron chi connectivity index (χ1n) is 6.98. The largest absolute Gasteiger partial charge is 0.352 e. The van der Waals surface area contributed by atoms with Crippen molar-refractivity contribution in [2.75, 3.05) is 5.32 Å². The van der Waals surface area contributed by atoms with Crippen molar-refractivity contribution in [1.82, 2.24) is 20.1 Å². The molecule has 8 nitrogen and oxygen atoms in total. The smallest absolute Gasteiger partial charge is 0.312 e. The lowest BCUT2D eigenvalue weighted by Crippen LogP contribution is -2.53. The van der Waals surface area contributed by atoms with Crippen LogP contribution in [-0.2, 0) is 4.79 Å². The van der Waals surface area contributed by atoms with Gasteiger partial charge in [0.1, 0.15) is 11.9 Å². The molecule has 1 fully saturated rings. The maximum Gasteiger partial charge on any atom is 0.312 e. The van der Waals surface area contributed by atoms with Gasteiger partial charge >= 0.3 is 6.03 Å². The van der Waals surface area contributed by atoms with E-state index in [9.17, 15) is 9.59 Å². The molecule has 0 aromatic carbocycles. The summed E-state index contributed by atoms with van der Waals surface area (Å²) in [7, 11) is 0. The van der Waals surface area contributed by atoms with E-state index in [0.717, 1.165) is 18.7 Å². The maximum absolute atomic E-state index is 12.4. The Morgan fingerprint density at radius 1 is 1.33 bits per heavy atom. The number of anilines is 1. The lowest BCUT2D eigenvalue weighted by Gasteiger charge is -2.29. The van der Waals surface area contributed by atoms with E-state index in [2.05, 4.69) is 20.8 Å². The Balaban J connectivity index is 2.17. The first kappa shape index (κ1) is 15.3. The van der Waals surface area contributed by atoms with Crippen LogP contribution in [0.3, 0.4) is 0 Å². The van der Waals surface area contributed by atoms with Gasteiger partial charge in [0.25, 0.3) is 0 Å². The summed E-state index contributed by atoms with van der Waals surface area (Å²) < 4.78 is 1.92. The lowest BCUT2D eigenvalue weighted by molar-refractivity contribution is -0.120. The van der Waals surface area contributed by atoms with E-state index in [1.165, 1.54) is 0 Å². The quantitative estimate of drug-likeness (QED) is 0.766. The van der Waals surface area contributed by atoms with Gasteiger partial charge in [-0.25, -0.2) is 4.79 Å². The monoisotopic (exact) mass is 294 g/mol. The fourth-order valence-corrected chi connectivity index (χ4v) is 2.22. The van der Waals surface area contributed by atoms with Gasteiger partial charge in [0.05, 0.1) is 0 Å². The van der Waals surface area contributed by atoms with Crippen LogP contribution in [0.15, 0.2) is 0 Å². The van der Waals surface area contributed by atoms with Gasteiger partial charge in [-0.2, -0.15) is 0 Å². The summed E-state index contributed by atoms with van der Waals surface area (Å²) in [5, 5.41) is 13.2. The van der Waals surface area contributed by atoms with Crippen LogP contribution in [-0.4, -0.2) is 32.7 Å². The van der Waals surface area contributed by atoms with Crippen LogP contribution >= 0.6 is 0 Å². The van der Waals surface area contributed by atoms with E-state index in [-0.39, 0.29) is 5.91 Å².